The first-order chi connectivity index (χ1) is 11.4. The number of esters is 1. The Kier molecular flexibility index (Phi) is 5.47. The van der Waals surface area contributed by atoms with Gasteiger partial charge in [0.15, 0.2) is 6.10 Å². The van der Waals surface area contributed by atoms with Crippen LogP contribution in [0.4, 0.5) is 8.78 Å². The highest BCUT2D eigenvalue weighted by molar-refractivity contribution is 6.01. The smallest absolute Gasteiger partial charge is 0.387 e. The number of Topliss-reactive ketones (excluding diaryl/α,β-unsaturated/α-hetero) is 1. The number of phenols is 1. The average molecular weight is 336 g/mol. The highest BCUT2D eigenvalue weighted by atomic mass is 19.3. The van der Waals surface area contributed by atoms with Crippen LogP contribution in [-0.4, -0.2) is 29.6 Å². The summed E-state index contributed by atoms with van der Waals surface area (Å²) in [6, 6.07) is 10.8. The molecular weight excluding hydrogens is 322 g/mol. The molecule has 126 valence electrons. The van der Waals surface area contributed by atoms with E-state index in [9.17, 15) is 23.5 Å². The van der Waals surface area contributed by atoms with Crippen molar-refractivity contribution in [1.29, 1.82) is 0 Å². The molecule has 7 heteroatoms. The Bertz CT molecular complexity index is 728. The zero-order chi connectivity index (χ0) is 17.7. The number of rotatable bonds is 6. The van der Waals surface area contributed by atoms with Crippen LogP contribution in [0.1, 0.15) is 27.6 Å². The SMILES string of the molecule is C[C@H](OC(=O)c1ccccc1O)C(=O)c1ccc(OC(F)F)cc1. The second-order valence-corrected chi connectivity index (χ2v) is 4.83. The first kappa shape index (κ1) is 17.4. The maximum absolute atomic E-state index is 12.2. The average Bonchev–Trinajstić information content (AvgIpc) is 2.54. The van der Waals surface area contributed by atoms with Gasteiger partial charge in [-0.3, -0.25) is 4.79 Å². The number of benzene rings is 2. The van der Waals surface area contributed by atoms with Crippen LogP contribution in [-0.2, 0) is 4.74 Å². The summed E-state index contributed by atoms with van der Waals surface area (Å²) in [5.41, 5.74) is 0.118. The number of carbonyl (C=O) groups excluding carboxylic acids is 2. The Hall–Kier alpha value is -2.96. The number of para-hydroxylation sites is 1. The first-order valence-electron chi connectivity index (χ1n) is 6.96. The summed E-state index contributed by atoms with van der Waals surface area (Å²) in [6.45, 7) is -1.57. The molecule has 2 aromatic rings. The van der Waals surface area contributed by atoms with Crippen molar-refractivity contribution in [1.82, 2.24) is 0 Å². The second kappa shape index (κ2) is 7.54. The molecule has 0 saturated heterocycles. The molecule has 0 saturated carbocycles. The zero-order valence-electron chi connectivity index (χ0n) is 12.6. The van der Waals surface area contributed by atoms with Crippen molar-refractivity contribution < 1.29 is 33.0 Å². The molecule has 0 fully saturated rings. The second-order valence-electron chi connectivity index (χ2n) is 4.83. The van der Waals surface area contributed by atoms with Gasteiger partial charge in [0.25, 0.3) is 0 Å². The minimum absolute atomic E-state index is 0.0576. The topological polar surface area (TPSA) is 72.8 Å². The van der Waals surface area contributed by atoms with Crippen molar-refractivity contribution >= 4 is 11.8 Å². The predicted molar refractivity (Wildman–Crippen MR) is 80.4 cm³/mol. The van der Waals surface area contributed by atoms with Gasteiger partial charge in [-0.15, -0.1) is 0 Å². The molecule has 0 aliphatic rings. The van der Waals surface area contributed by atoms with Crippen molar-refractivity contribution in [3.8, 4) is 11.5 Å². The Morgan fingerprint density at radius 1 is 1.04 bits per heavy atom. The third-order valence-corrected chi connectivity index (χ3v) is 3.14. The van der Waals surface area contributed by atoms with Crippen molar-refractivity contribution in [2.24, 2.45) is 0 Å². The van der Waals surface area contributed by atoms with Crippen LogP contribution in [0.3, 0.4) is 0 Å². The molecule has 0 bridgehead atoms. The van der Waals surface area contributed by atoms with E-state index < -0.39 is 24.5 Å². The van der Waals surface area contributed by atoms with Crippen molar-refractivity contribution in [3.05, 3.63) is 59.7 Å². The van der Waals surface area contributed by atoms with Crippen LogP contribution in [0.25, 0.3) is 0 Å². The number of halogens is 2. The molecule has 0 aromatic heterocycles. The molecule has 0 radical (unpaired) electrons. The van der Waals surface area contributed by atoms with E-state index in [1.807, 2.05) is 0 Å². The molecule has 1 atom stereocenters. The number of ketones is 1. The van der Waals surface area contributed by atoms with Gasteiger partial charge in [-0.25, -0.2) is 4.79 Å². The van der Waals surface area contributed by atoms with Gasteiger partial charge in [-0.05, 0) is 43.3 Å². The Morgan fingerprint density at radius 2 is 1.67 bits per heavy atom. The van der Waals surface area contributed by atoms with Gasteiger partial charge in [0.1, 0.15) is 17.1 Å². The largest absolute Gasteiger partial charge is 0.507 e. The van der Waals surface area contributed by atoms with Crippen molar-refractivity contribution in [2.45, 2.75) is 19.6 Å². The van der Waals surface area contributed by atoms with E-state index in [0.29, 0.717) is 0 Å². The van der Waals surface area contributed by atoms with Gasteiger partial charge in [-0.2, -0.15) is 8.78 Å². The van der Waals surface area contributed by atoms with Gasteiger partial charge >= 0.3 is 12.6 Å². The Morgan fingerprint density at radius 3 is 2.25 bits per heavy atom. The van der Waals surface area contributed by atoms with Gasteiger partial charge < -0.3 is 14.6 Å². The summed E-state index contributed by atoms with van der Waals surface area (Å²) >= 11 is 0. The van der Waals surface area contributed by atoms with E-state index in [4.69, 9.17) is 4.74 Å². The molecule has 1 N–H and O–H groups in total. The number of ether oxygens (including phenoxy) is 2. The van der Waals surface area contributed by atoms with E-state index >= 15 is 0 Å². The monoisotopic (exact) mass is 336 g/mol. The van der Waals surface area contributed by atoms with Gasteiger partial charge in [0.2, 0.25) is 5.78 Å². The Labute approximate surface area is 136 Å². The van der Waals surface area contributed by atoms with Crippen LogP contribution >= 0.6 is 0 Å². The fourth-order valence-corrected chi connectivity index (χ4v) is 1.96. The van der Waals surface area contributed by atoms with Crippen molar-refractivity contribution in [2.75, 3.05) is 0 Å². The molecule has 0 aliphatic carbocycles. The minimum Gasteiger partial charge on any atom is -0.507 e. The number of aromatic hydroxyl groups is 1. The maximum Gasteiger partial charge on any atom is 0.387 e. The molecule has 5 nitrogen and oxygen atoms in total. The highest BCUT2D eigenvalue weighted by Gasteiger charge is 2.22. The first-order valence-corrected chi connectivity index (χ1v) is 6.96. The minimum atomic E-state index is -2.95. The maximum atomic E-state index is 12.2. The lowest BCUT2D eigenvalue weighted by atomic mass is 10.1. The molecule has 0 spiro atoms. The predicted octanol–water partition coefficient (Wildman–Crippen LogP) is 3.42. The molecule has 0 aliphatic heterocycles. The fraction of sp³-hybridized carbons (Fsp3) is 0.176. The van der Waals surface area contributed by atoms with Gasteiger partial charge in [0.05, 0.1) is 0 Å². The summed E-state index contributed by atoms with van der Waals surface area (Å²) < 4.78 is 33.4. The van der Waals surface area contributed by atoms with Crippen LogP contribution in [0.15, 0.2) is 48.5 Å². The van der Waals surface area contributed by atoms with E-state index in [-0.39, 0.29) is 22.6 Å². The summed E-state index contributed by atoms with van der Waals surface area (Å²) in [4.78, 5) is 24.2. The number of carbonyl (C=O) groups is 2. The lowest BCUT2D eigenvalue weighted by Crippen LogP contribution is -2.24. The quantitative estimate of drug-likeness (QED) is 0.646. The molecular formula is C17H14F2O5. The van der Waals surface area contributed by atoms with Gasteiger partial charge in [0, 0.05) is 5.56 Å². The molecule has 0 heterocycles. The van der Waals surface area contributed by atoms with E-state index in [1.165, 1.54) is 43.3 Å². The summed E-state index contributed by atoms with van der Waals surface area (Å²) in [5.74, 6) is -1.69. The molecule has 0 amide bonds. The number of alkyl halides is 2. The summed E-state index contributed by atoms with van der Waals surface area (Å²) in [7, 11) is 0. The summed E-state index contributed by atoms with van der Waals surface area (Å²) in [5, 5.41) is 9.59. The standard InChI is InChI=1S/C17H14F2O5/c1-10(23-16(22)13-4-2-3-5-14(13)20)15(21)11-6-8-12(9-7-11)24-17(18)19/h2-10,17,20H,1H3/t10-/m0/s1. The normalized spacial score (nSPS) is 11.8. The molecule has 2 aromatic carbocycles. The van der Waals surface area contributed by atoms with Crippen LogP contribution in [0.2, 0.25) is 0 Å². The number of hydrogen-bond donors (Lipinski definition) is 1. The molecule has 2 rings (SSSR count). The molecule has 0 unspecified atom stereocenters. The molecule has 24 heavy (non-hydrogen) atoms. The number of hydrogen-bond acceptors (Lipinski definition) is 5. The van der Waals surface area contributed by atoms with Crippen molar-refractivity contribution in [3.63, 3.8) is 0 Å². The van der Waals surface area contributed by atoms with Gasteiger partial charge in [-0.1, -0.05) is 12.1 Å². The lowest BCUT2D eigenvalue weighted by molar-refractivity contribution is -0.0498. The fourth-order valence-electron chi connectivity index (χ4n) is 1.96. The summed E-state index contributed by atoms with van der Waals surface area (Å²) in [6.07, 6.45) is -1.11. The highest BCUT2D eigenvalue weighted by Crippen LogP contribution is 2.19. The van der Waals surface area contributed by atoms with E-state index in [2.05, 4.69) is 4.74 Å². The van der Waals surface area contributed by atoms with Crippen LogP contribution < -0.4 is 4.74 Å². The zero-order valence-corrected chi connectivity index (χ0v) is 12.6. The van der Waals surface area contributed by atoms with E-state index in [1.54, 1.807) is 12.1 Å². The van der Waals surface area contributed by atoms with Crippen LogP contribution in [0.5, 0.6) is 11.5 Å². The third kappa shape index (κ3) is 4.28. The Balaban J connectivity index is 2.04. The number of phenolic OH excluding ortho intramolecular Hbond substituents is 1. The van der Waals surface area contributed by atoms with Crippen LogP contribution in [0, 0.1) is 0 Å². The third-order valence-electron chi connectivity index (χ3n) is 3.14. The van der Waals surface area contributed by atoms with E-state index in [0.717, 1.165) is 0 Å². The lowest BCUT2D eigenvalue weighted by Gasteiger charge is -2.13.